The van der Waals surface area contributed by atoms with Crippen LogP contribution in [0.1, 0.15) is 37.7 Å². The van der Waals surface area contributed by atoms with Crippen LogP contribution in [0, 0.1) is 0 Å². The number of rotatable bonds is 7. The Kier molecular flexibility index (Phi) is 6.92. The molecule has 0 atom stereocenters. The predicted octanol–water partition coefficient (Wildman–Crippen LogP) is 4.04. The molecule has 0 radical (unpaired) electrons. The van der Waals surface area contributed by atoms with E-state index in [1.165, 1.54) is 10.7 Å². The molecule has 1 aliphatic rings. The number of benzene rings is 1. The van der Waals surface area contributed by atoms with Crippen LogP contribution in [0.15, 0.2) is 46.0 Å². The third-order valence-electron chi connectivity index (χ3n) is 4.68. The first-order chi connectivity index (χ1) is 13.0. The molecular weight excluding hydrogens is 404 g/mol. The normalized spacial score (nSPS) is 15.8. The molecule has 1 N–H and O–H groups in total. The topological polar surface area (TPSA) is 66.5 Å². The van der Waals surface area contributed by atoms with Crippen LogP contribution < -0.4 is 5.32 Å². The van der Waals surface area contributed by atoms with E-state index in [0.717, 1.165) is 37.0 Å². The molecule has 27 heavy (non-hydrogen) atoms. The summed E-state index contributed by atoms with van der Waals surface area (Å²) in [6.45, 7) is -0.167. The molecule has 8 heteroatoms. The van der Waals surface area contributed by atoms with Crippen LogP contribution in [0.4, 0.5) is 0 Å². The first-order valence-electron chi connectivity index (χ1n) is 9.03. The highest BCUT2D eigenvalue weighted by atomic mass is 35.5. The van der Waals surface area contributed by atoms with Crippen molar-refractivity contribution in [2.45, 2.75) is 48.9 Å². The number of nitrogens with zero attached hydrogens (tertiary/aromatic N) is 1. The Balaban J connectivity index is 1.79. The number of nitrogens with one attached hydrogen (secondary N) is 1. The molecule has 1 aromatic carbocycles. The lowest BCUT2D eigenvalue weighted by Crippen LogP contribution is -2.44. The Morgan fingerprint density at radius 2 is 1.89 bits per heavy atom. The van der Waals surface area contributed by atoms with Crippen LogP contribution in [-0.4, -0.2) is 31.2 Å². The first-order valence-corrected chi connectivity index (χ1v) is 11.7. The van der Waals surface area contributed by atoms with Gasteiger partial charge < -0.3 is 5.32 Å². The third kappa shape index (κ3) is 5.31. The molecular formula is C19H23ClN2O3S2. The van der Waals surface area contributed by atoms with Gasteiger partial charge in [-0.05, 0) is 35.9 Å². The van der Waals surface area contributed by atoms with Gasteiger partial charge >= 0.3 is 0 Å². The van der Waals surface area contributed by atoms with Gasteiger partial charge in [-0.2, -0.15) is 4.31 Å². The summed E-state index contributed by atoms with van der Waals surface area (Å²) < 4.78 is 27.5. The molecule has 1 aliphatic carbocycles. The second-order valence-electron chi connectivity index (χ2n) is 6.70. The Morgan fingerprint density at radius 3 is 2.56 bits per heavy atom. The number of thiophene rings is 1. The van der Waals surface area contributed by atoms with Crippen LogP contribution >= 0.6 is 22.9 Å². The Bertz CT molecular complexity index is 863. The van der Waals surface area contributed by atoms with Crippen LogP contribution in [0.5, 0.6) is 0 Å². The lowest BCUT2D eigenvalue weighted by atomic mass is 9.95. The van der Waals surface area contributed by atoms with Crippen LogP contribution in [-0.2, 0) is 21.4 Å². The Morgan fingerprint density at radius 1 is 1.15 bits per heavy atom. The molecule has 0 bridgehead atoms. The van der Waals surface area contributed by atoms with E-state index in [0.29, 0.717) is 10.6 Å². The van der Waals surface area contributed by atoms with Gasteiger partial charge in [-0.3, -0.25) is 4.79 Å². The SMILES string of the molecule is O=C(CN(Cc1ccccc1Cl)S(=O)(=O)c1cccs1)NC1CCCCC1. The number of hydrogen-bond donors (Lipinski definition) is 1. The first kappa shape index (κ1) is 20.3. The van der Waals surface area contributed by atoms with E-state index < -0.39 is 10.0 Å². The Hall–Kier alpha value is -1.41. The largest absolute Gasteiger partial charge is 0.352 e. The highest BCUT2D eigenvalue weighted by Gasteiger charge is 2.29. The molecule has 3 rings (SSSR count). The van der Waals surface area contributed by atoms with E-state index in [1.807, 2.05) is 0 Å². The minimum Gasteiger partial charge on any atom is -0.352 e. The van der Waals surface area contributed by atoms with E-state index >= 15 is 0 Å². The van der Waals surface area contributed by atoms with Crippen molar-refractivity contribution < 1.29 is 13.2 Å². The predicted molar refractivity (Wildman–Crippen MR) is 108 cm³/mol. The molecule has 1 amide bonds. The summed E-state index contributed by atoms with van der Waals surface area (Å²) in [7, 11) is -3.78. The van der Waals surface area contributed by atoms with E-state index in [4.69, 9.17) is 11.6 Å². The summed E-state index contributed by atoms with van der Waals surface area (Å²) in [6, 6.07) is 10.5. The zero-order valence-electron chi connectivity index (χ0n) is 14.9. The lowest BCUT2D eigenvalue weighted by Gasteiger charge is -2.25. The fourth-order valence-corrected chi connectivity index (χ4v) is 5.97. The van der Waals surface area contributed by atoms with Gasteiger partial charge in [-0.15, -0.1) is 11.3 Å². The highest BCUT2D eigenvalue weighted by molar-refractivity contribution is 7.91. The fourth-order valence-electron chi connectivity index (χ4n) is 3.26. The minimum absolute atomic E-state index is 0.0536. The van der Waals surface area contributed by atoms with E-state index in [9.17, 15) is 13.2 Å². The van der Waals surface area contributed by atoms with Gasteiger partial charge in [-0.25, -0.2) is 8.42 Å². The molecule has 1 aromatic heterocycles. The van der Waals surface area contributed by atoms with Crippen molar-refractivity contribution >= 4 is 38.9 Å². The highest BCUT2D eigenvalue weighted by Crippen LogP contribution is 2.25. The van der Waals surface area contributed by atoms with Gasteiger partial charge in [0, 0.05) is 17.6 Å². The average molecular weight is 427 g/mol. The average Bonchev–Trinajstić information content (AvgIpc) is 3.19. The van der Waals surface area contributed by atoms with Gasteiger partial charge in [0.25, 0.3) is 10.0 Å². The number of hydrogen-bond acceptors (Lipinski definition) is 4. The summed E-state index contributed by atoms with van der Waals surface area (Å²) in [4.78, 5) is 12.6. The number of sulfonamides is 1. The molecule has 0 spiro atoms. The standard InChI is InChI=1S/C19H23ClN2O3S2/c20-17-10-5-4-7-15(17)13-22(27(24,25)19-11-6-12-26-19)14-18(23)21-16-8-2-1-3-9-16/h4-7,10-12,16H,1-3,8-9,13-14H2,(H,21,23). The molecule has 2 aromatic rings. The molecule has 1 saturated carbocycles. The molecule has 1 fully saturated rings. The van der Waals surface area contributed by atoms with Crippen molar-refractivity contribution in [3.8, 4) is 0 Å². The quantitative estimate of drug-likeness (QED) is 0.726. The molecule has 0 unspecified atom stereocenters. The third-order valence-corrected chi connectivity index (χ3v) is 8.22. The van der Waals surface area contributed by atoms with Gasteiger partial charge in [0.2, 0.25) is 5.91 Å². The zero-order valence-corrected chi connectivity index (χ0v) is 17.3. The second kappa shape index (κ2) is 9.19. The van der Waals surface area contributed by atoms with E-state index in [2.05, 4.69) is 5.32 Å². The monoisotopic (exact) mass is 426 g/mol. The maximum absolute atomic E-state index is 13.1. The van der Waals surface area contributed by atoms with E-state index in [-0.39, 0.29) is 29.2 Å². The van der Waals surface area contributed by atoms with Crippen molar-refractivity contribution in [3.63, 3.8) is 0 Å². The maximum atomic E-state index is 13.1. The van der Waals surface area contributed by atoms with Gasteiger partial charge in [0.1, 0.15) is 4.21 Å². The van der Waals surface area contributed by atoms with Crippen molar-refractivity contribution in [3.05, 3.63) is 52.4 Å². The van der Waals surface area contributed by atoms with Crippen LogP contribution in [0.25, 0.3) is 0 Å². The zero-order chi connectivity index (χ0) is 19.3. The molecule has 0 saturated heterocycles. The molecule has 146 valence electrons. The summed E-state index contributed by atoms with van der Waals surface area (Å²) >= 11 is 7.36. The van der Waals surface area contributed by atoms with Gasteiger partial charge in [0.15, 0.2) is 0 Å². The fraction of sp³-hybridized carbons (Fsp3) is 0.421. The van der Waals surface area contributed by atoms with Crippen LogP contribution in [0.3, 0.4) is 0 Å². The Labute approximate surface area is 169 Å². The summed E-state index contributed by atoms with van der Waals surface area (Å²) in [5.74, 6) is -0.269. The van der Waals surface area contributed by atoms with Crippen molar-refractivity contribution in [1.29, 1.82) is 0 Å². The van der Waals surface area contributed by atoms with E-state index in [1.54, 1.807) is 41.8 Å². The van der Waals surface area contributed by atoms with Gasteiger partial charge in [-0.1, -0.05) is 55.1 Å². The van der Waals surface area contributed by atoms with Gasteiger partial charge in [0.05, 0.1) is 6.54 Å². The summed E-state index contributed by atoms with van der Waals surface area (Å²) in [5, 5.41) is 5.19. The maximum Gasteiger partial charge on any atom is 0.253 e. The minimum atomic E-state index is -3.78. The van der Waals surface area contributed by atoms with Crippen molar-refractivity contribution in [2.75, 3.05) is 6.54 Å². The van der Waals surface area contributed by atoms with Crippen molar-refractivity contribution in [1.82, 2.24) is 9.62 Å². The van der Waals surface area contributed by atoms with Crippen LogP contribution in [0.2, 0.25) is 5.02 Å². The number of carbonyl (C=O) groups is 1. The summed E-state index contributed by atoms with van der Waals surface area (Å²) in [6.07, 6.45) is 5.29. The molecule has 0 aliphatic heterocycles. The number of halogens is 1. The molecule has 1 heterocycles. The smallest absolute Gasteiger partial charge is 0.253 e. The van der Waals surface area contributed by atoms with Crippen molar-refractivity contribution in [2.24, 2.45) is 0 Å². The summed E-state index contributed by atoms with van der Waals surface area (Å²) in [5.41, 5.74) is 0.671. The lowest BCUT2D eigenvalue weighted by molar-refractivity contribution is -0.122. The second-order valence-corrected chi connectivity index (χ2v) is 10.2. The molecule has 5 nitrogen and oxygen atoms in total. The number of amides is 1. The number of carbonyl (C=O) groups excluding carboxylic acids is 1.